The molecule has 1 aromatic carbocycles. The van der Waals surface area contributed by atoms with Crippen molar-refractivity contribution in [1.82, 2.24) is 0 Å². The average Bonchev–Trinajstić information content (AvgIpc) is 2.91. The monoisotopic (exact) mass is 361 g/mol. The number of benzene rings is 1. The lowest BCUT2D eigenvalue weighted by atomic mass is 10.1. The molecule has 1 amide bonds. The van der Waals surface area contributed by atoms with Gasteiger partial charge in [0.15, 0.2) is 10.9 Å². The van der Waals surface area contributed by atoms with Crippen LogP contribution in [0.2, 0.25) is 0 Å². The highest BCUT2D eigenvalue weighted by Gasteiger charge is 2.37. The molecule has 6 heteroatoms. The number of halogens is 1. The second kappa shape index (κ2) is 7.80. The lowest BCUT2D eigenvalue weighted by Crippen LogP contribution is -2.33. The van der Waals surface area contributed by atoms with Crippen LogP contribution in [-0.4, -0.2) is 22.4 Å². The molecule has 2 rings (SSSR count). The minimum atomic E-state index is -0.489. The van der Waals surface area contributed by atoms with Crippen LogP contribution in [0, 0.1) is 29.2 Å². The fraction of sp³-hybridized carbons (Fsp3) is 0.474. The Morgan fingerprint density at radius 2 is 2.16 bits per heavy atom. The standard InChI is InChI=1S/C19H22FN2O2S/c1-5-25(19(2,3)4)24-11-10-16-8-9-18(23)22(16)17-12-15(20)7-6-14(17)13-21/h6-7,12,16H,5,8-9H2,1-4H3/q+1. The van der Waals surface area contributed by atoms with Crippen molar-refractivity contribution in [2.24, 2.45) is 0 Å². The summed E-state index contributed by atoms with van der Waals surface area (Å²) in [7, 11) is 0. The highest BCUT2D eigenvalue weighted by atomic mass is 32.2. The summed E-state index contributed by atoms with van der Waals surface area (Å²) in [6.07, 6.45) is 3.60. The molecule has 4 nitrogen and oxygen atoms in total. The van der Waals surface area contributed by atoms with Crippen LogP contribution in [-0.2, 0) is 20.2 Å². The zero-order valence-electron chi connectivity index (χ0n) is 14.9. The molecule has 0 radical (unpaired) electrons. The van der Waals surface area contributed by atoms with Gasteiger partial charge in [-0.1, -0.05) is 0 Å². The van der Waals surface area contributed by atoms with E-state index in [1.807, 2.05) is 13.0 Å². The first-order chi connectivity index (χ1) is 11.8. The fourth-order valence-corrected chi connectivity index (χ4v) is 4.06. The van der Waals surface area contributed by atoms with Crippen molar-refractivity contribution in [2.45, 2.75) is 51.3 Å². The Balaban J connectivity index is 2.26. The molecule has 132 valence electrons. The van der Waals surface area contributed by atoms with Crippen LogP contribution in [0.5, 0.6) is 0 Å². The van der Waals surface area contributed by atoms with E-state index in [0.29, 0.717) is 12.8 Å². The Morgan fingerprint density at radius 3 is 2.76 bits per heavy atom. The Bertz CT molecular complexity index is 755. The summed E-state index contributed by atoms with van der Waals surface area (Å²) in [5.74, 6) is 3.18. The quantitative estimate of drug-likeness (QED) is 0.611. The number of amides is 1. The summed E-state index contributed by atoms with van der Waals surface area (Å²) >= 11 is -0.312. The van der Waals surface area contributed by atoms with Crippen LogP contribution in [0.3, 0.4) is 0 Å². The van der Waals surface area contributed by atoms with Gasteiger partial charge >= 0.3 is 0 Å². The van der Waals surface area contributed by atoms with Gasteiger partial charge < -0.3 is 0 Å². The van der Waals surface area contributed by atoms with Gasteiger partial charge in [0.05, 0.1) is 11.3 Å². The largest absolute Gasteiger partial charge is 0.296 e. The van der Waals surface area contributed by atoms with Crippen molar-refractivity contribution < 1.29 is 13.4 Å². The maximum absolute atomic E-state index is 13.6. The molecule has 0 spiro atoms. The minimum Gasteiger partial charge on any atom is -0.296 e. The molecule has 1 fully saturated rings. The first kappa shape index (κ1) is 19.1. The molecule has 1 saturated heterocycles. The van der Waals surface area contributed by atoms with Gasteiger partial charge in [0.2, 0.25) is 17.1 Å². The normalized spacial score (nSPS) is 18.3. The average molecular weight is 361 g/mol. The minimum absolute atomic E-state index is 0.00878. The van der Waals surface area contributed by atoms with Crippen LogP contribution in [0.25, 0.3) is 0 Å². The molecule has 0 aliphatic carbocycles. The highest BCUT2D eigenvalue weighted by molar-refractivity contribution is 7.93. The Kier molecular flexibility index (Phi) is 5.98. The molecule has 2 atom stereocenters. The van der Waals surface area contributed by atoms with Gasteiger partial charge in [-0.15, -0.1) is 0 Å². The van der Waals surface area contributed by atoms with Crippen LogP contribution < -0.4 is 4.90 Å². The number of carbonyl (C=O) groups excluding carboxylic acids is 1. The maximum atomic E-state index is 13.6. The zero-order valence-corrected chi connectivity index (χ0v) is 15.7. The Hall–Kier alpha value is -2.18. The van der Waals surface area contributed by atoms with E-state index >= 15 is 0 Å². The first-order valence-corrected chi connectivity index (χ1v) is 9.50. The van der Waals surface area contributed by atoms with Gasteiger partial charge in [-0.3, -0.25) is 9.69 Å². The lowest BCUT2D eigenvalue weighted by Gasteiger charge is -2.22. The molecule has 1 aromatic rings. The highest BCUT2D eigenvalue weighted by Crippen LogP contribution is 2.30. The van der Waals surface area contributed by atoms with E-state index in [0.717, 1.165) is 5.75 Å². The third-order valence-electron chi connectivity index (χ3n) is 3.86. The van der Waals surface area contributed by atoms with E-state index in [-0.39, 0.29) is 33.1 Å². The van der Waals surface area contributed by atoms with Crippen molar-refractivity contribution in [3.05, 3.63) is 29.6 Å². The van der Waals surface area contributed by atoms with E-state index in [9.17, 15) is 14.4 Å². The van der Waals surface area contributed by atoms with Crippen molar-refractivity contribution in [3.63, 3.8) is 0 Å². The van der Waals surface area contributed by atoms with E-state index < -0.39 is 11.9 Å². The van der Waals surface area contributed by atoms with Gasteiger partial charge in [0.25, 0.3) is 0 Å². The molecule has 0 saturated carbocycles. The second-order valence-electron chi connectivity index (χ2n) is 6.67. The van der Waals surface area contributed by atoms with Crippen molar-refractivity contribution in [2.75, 3.05) is 10.7 Å². The fourth-order valence-electron chi connectivity index (χ4n) is 2.68. The van der Waals surface area contributed by atoms with Gasteiger partial charge in [0.1, 0.15) is 23.7 Å². The molecule has 0 N–H and O–H groups in total. The van der Waals surface area contributed by atoms with Crippen molar-refractivity contribution in [3.8, 4) is 18.1 Å². The molecular weight excluding hydrogens is 339 g/mol. The number of anilines is 1. The molecule has 0 aromatic heterocycles. The van der Waals surface area contributed by atoms with Gasteiger partial charge in [-0.25, -0.2) is 8.57 Å². The summed E-state index contributed by atoms with van der Waals surface area (Å²) in [5, 5.41) is 9.24. The predicted octanol–water partition coefficient (Wildman–Crippen LogP) is 3.52. The van der Waals surface area contributed by atoms with Crippen molar-refractivity contribution >= 4 is 22.8 Å². The molecule has 1 aliphatic heterocycles. The number of hydrogen-bond donors (Lipinski definition) is 0. The van der Waals surface area contributed by atoms with Gasteiger partial charge in [-0.05, 0) is 58.2 Å². The summed E-state index contributed by atoms with van der Waals surface area (Å²) < 4.78 is 19.3. The predicted molar refractivity (Wildman–Crippen MR) is 98.1 cm³/mol. The maximum Gasteiger partial charge on any atom is 0.228 e. The molecular formula is C19H22FN2O2S+. The number of nitrogens with zero attached hydrogens (tertiary/aromatic N) is 2. The number of carbonyl (C=O) groups is 1. The summed E-state index contributed by atoms with van der Waals surface area (Å²) in [5.41, 5.74) is 0.530. The van der Waals surface area contributed by atoms with E-state index in [1.165, 1.54) is 23.1 Å². The smallest absolute Gasteiger partial charge is 0.228 e. The molecule has 0 bridgehead atoms. The summed E-state index contributed by atoms with van der Waals surface area (Å²) in [6, 6.07) is 5.39. The molecule has 1 aliphatic rings. The zero-order chi connectivity index (χ0) is 18.6. The molecule has 2 unspecified atom stereocenters. The number of nitriles is 1. The number of rotatable bonds is 3. The van der Waals surface area contributed by atoms with Crippen LogP contribution >= 0.6 is 0 Å². The second-order valence-corrected chi connectivity index (χ2v) is 9.33. The summed E-state index contributed by atoms with van der Waals surface area (Å²) in [6.45, 7) is 8.34. The van der Waals surface area contributed by atoms with Gasteiger partial charge in [0, 0.05) is 6.42 Å². The third-order valence-corrected chi connectivity index (χ3v) is 6.04. The van der Waals surface area contributed by atoms with Crippen molar-refractivity contribution in [1.29, 1.82) is 5.26 Å². The van der Waals surface area contributed by atoms with E-state index in [4.69, 9.17) is 4.18 Å². The van der Waals surface area contributed by atoms with E-state index in [2.05, 4.69) is 32.8 Å². The first-order valence-electron chi connectivity index (χ1n) is 8.18. The lowest BCUT2D eigenvalue weighted by molar-refractivity contribution is -0.117. The van der Waals surface area contributed by atoms with Crippen LogP contribution in [0.1, 0.15) is 46.1 Å². The molecule has 25 heavy (non-hydrogen) atoms. The van der Waals surface area contributed by atoms with Crippen LogP contribution in [0.15, 0.2) is 18.2 Å². The third kappa shape index (κ3) is 4.46. The Morgan fingerprint density at radius 1 is 1.44 bits per heavy atom. The van der Waals surface area contributed by atoms with E-state index in [1.54, 1.807) is 0 Å². The van der Waals surface area contributed by atoms with Crippen LogP contribution in [0.4, 0.5) is 10.1 Å². The SMILES string of the molecule is CC[S+](OC#CC1CCC(=O)N1c1cc(F)ccc1C#N)C(C)(C)C. The summed E-state index contributed by atoms with van der Waals surface area (Å²) in [4.78, 5) is 13.7. The Labute approximate surface area is 151 Å². The topological polar surface area (TPSA) is 53.3 Å². The molecule has 1 heterocycles. The number of hydrogen-bond acceptors (Lipinski definition) is 3. The van der Waals surface area contributed by atoms with Gasteiger partial charge in [-0.2, -0.15) is 5.26 Å².